The second kappa shape index (κ2) is 4.74. The number of hydrazone groups is 2. The highest BCUT2D eigenvalue weighted by Crippen LogP contribution is 2.32. The fourth-order valence-corrected chi connectivity index (χ4v) is 2.91. The quantitative estimate of drug-likeness (QED) is 0.627. The molecule has 0 saturated carbocycles. The Hall–Kier alpha value is -2.62. The molecule has 106 valence electrons. The van der Waals surface area contributed by atoms with Gasteiger partial charge >= 0.3 is 0 Å². The summed E-state index contributed by atoms with van der Waals surface area (Å²) in [6.45, 7) is 3.81. The molecule has 0 bridgehead atoms. The van der Waals surface area contributed by atoms with Crippen molar-refractivity contribution in [2.45, 2.75) is 13.8 Å². The van der Waals surface area contributed by atoms with Crippen molar-refractivity contribution in [1.29, 1.82) is 0 Å². The van der Waals surface area contributed by atoms with Gasteiger partial charge in [-0.1, -0.05) is 36.4 Å². The molecule has 0 atom stereocenters. The normalized spacial score (nSPS) is 17.4. The average Bonchev–Trinajstić information content (AvgIpc) is 2.66. The van der Waals surface area contributed by atoms with Gasteiger partial charge in [-0.2, -0.15) is 0 Å². The van der Waals surface area contributed by atoms with Gasteiger partial charge in [-0.15, -0.1) is 0 Å². The number of benzene rings is 2. The van der Waals surface area contributed by atoms with Crippen LogP contribution in [0, 0.1) is 15.8 Å². The molecule has 4 nitrogen and oxygen atoms in total. The van der Waals surface area contributed by atoms with Gasteiger partial charge in [-0.05, 0) is 38.1 Å². The van der Waals surface area contributed by atoms with Gasteiger partial charge in [0.2, 0.25) is 0 Å². The summed E-state index contributed by atoms with van der Waals surface area (Å²) in [5.41, 5.74) is 1.81. The zero-order valence-electron chi connectivity index (χ0n) is 12.0. The summed E-state index contributed by atoms with van der Waals surface area (Å²) in [6, 6.07) is 18.6. The molecule has 0 aromatic heterocycles. The van der Waals surface area contributed by atoms with Crippen molar-refractivity contribution in [2.75, 3.05) is 0 Å². The van der Waals surface area contributed by atoms with Crippen molar-refractivity contribution in [3.8, 4) is 0 Å². The van der Waals surface area contributed by atoms with E-state index in [9.17, 15) is 10.4 Å². The summed E-state index contributed by atoms with van der Waals surface area (Å²) in [5.74, 6) is 0. The third kappa shape index (κ3) is 2.00. The molecule has 1 heterocycles. The van der Waals surface area contributed by atoms with Crippen molar-refractivity contribution in [3.63, 3.8) is 0 Å². The summed E-state index contributed by atoms with van der Waals surface area (Å²) < 4.78 is 0. The summed E-state index contributed by atoms with van der Waals surface area (Å²) in [4.78, 5) is 0.912. The molecule has 2 aromatic rings. The number of hydrazine groups is 1. The third-order valence-electron chi connectivity index (χ3n) is 3.83. The van der Waals surface area contributed by atoms with Crippen LogP contribution in [-0.4, -0.2) is 21.1 Å². The van der Waals surface area contributed by atoms with Gasteiger partial charge in [0.25, 0.3) is 11.4 Å². The molecule has 21 heavy (non-hydrogen) atoms. The summed E-state index contributed by atoms with van der Waals surface area (Å²) in [6.07, 6.45) is 0. The van der Waals surface area contributed by atoms with E-state index >= 15 is 0 Å². The molecule has 4 heteroatoms. The van der Waals surface area contributed by atoms with E-state index in [1.165, 1.54) is 0 Å². The lowest BCUT2D eigenvalue weighted by atomic mass is 9.77. The van der Waals surface area contributed by atoms with E-state index in [0.717, 1.165) is 11.1 Å². The molecule has 0 amide bonds. The molecule has 0 fully saturated rings. The van der Waals surface area contributed by atoms with Crippen LogP contribution < -0.4 is 0 Å². The SMILES string of the molecule is CC1(C)C(c2ccccc2)=[N+]([O-])[N+]([O-])=C1c1ccccc1. The van der Waals surface area contributed by atoms with Gasteiger partial charge < -0.3 is 10.4 Å². The maximum Gasteiger partial charge on any atom is 0.288 e. The van der Waals surface area contributed by atoms with E-state index in [2.05, 4.69) is 0 Å². The standard InChI is InChI=1S/C17H16N2O2/c1-17(2)15(13-9-5-3-6-10-13)18(20)19(21)16(17)14-11-7-4-8-12-14/h3-12H,1-2H3. The van der Waals surface area contributed by atoms with Gasteiger partial charge in [0.1, 0.15) is 0 Å². The highest BCUT2D eigenvalue weighted by atomic mass is 16.7. The van der Waals surface area contributed by atoms with Gasteiger partial charge in [0.15, 0.2) is 5.41 Å². The van der Waals surface area contributed by atoms with Gasteiger partial charge in [0, 0.05) is 0 Å². The minimum absolute atomic E-state index is 0.456. The fraction of sp³-hybridized carbons (Fsp3) is 0.176. The number of rotatable bonds is 2. The Kier molecular flexibility index (Phi) is 3.01. The molecular weight excluding hydrogens is 264 g/mol. The van der Waals surface area contributed by atoms with E-state index in [0.29, 0.717) is 21.1 Å². The van der Waals surface area contributed by atoms with Gasteiger partial charge in [0.05, 0.1) is 20.8 Å². The van der Waals surface area contributed by atoms with E-state index in [-0.39, 0.29) is 0 Å². The zero-order chi connectivity index (χ0) is 15.0. The second-order valence-electron chi connectivity index (χ2n) is 5.60. The first kappa shape index (κ1) is 13.4. The summed E-state index contributed by atoms with van der Waals surface area (Å²) in [5, 5.41) is 24.8. The van der Waals surface area contributed by atoms with Crippen molar-refractivity contribution < 1.29 is 9.70 Å². The van der Waals surface area contributed by atoms with Crippen LogP contribution in [0.15, 0.2) is 60.7 Å². The lowest BCUT2D eigenvalue weighted by molar-refractivity contribution is -1.05. The average molecular weight is 280 g/mol. The van der Waals surface area contributed by atoms with Gasteiger partial charge in [-0.3, -0.25) is 0 Å². The first-order chi connectivity index (χ1) is 10.0. The maximum atomic E-state index is 12.4. The van der Waals surface area contributed by atoms with Crippen LogP contribution in [0.4, 0.5) is 0 Å². The predicted molar refractivity (Wildman–Crippen MR) is 82.1 cm³/mol. The molecule has 0 unspecified atom stereocenters. The Balaban J connectivity index is 2.17. The minimum Gasteiger partial charge on any atom is -0.561 e. The molecule has 0 spiro atoms. The molecule has 3 rings (SSSR count). The fourth-order valence-electron chi connectivity index (χ4n) is 2.91. The second-order valence-corrected chi connectivity index (χ2v) is 5.60. The summed E-state index contributed by atoms with van der Waals surface area (Å²) >= 11 is 0. The largest absolute Gasteiger partial charge is 0.561 e. The van der Waals surface area contributed by atoms with Crippen LogP contribution in [-0.2, 0) is 0 Å². The van der Waals surface area contributed by atoms with E-state index in [4.69, 9.17) is 0 Å². The Labute approximate surface area is 123 Å². The van der Waals surface area contributed by atoms with Crippen molar-refractivity contribution in [1.82, 2.24) is 0 Å². The first-order valence-electron chi connectivity index (χ1n) is 6.83. The predicted octanol–water partition coefficient (Wildman–Crippen LogP) is 2.94. The van der Waals surface area contributed by atoms with E-state index < -0.39 is 5.41 Å². The van der Waals surface area contributed by atoms with Crippen LogP contribution in [0.25, 0.3) is 0 Å². The van der Waals surface area contributed by atoms with Crippen LogP contribution in [0.3, 0.4) is 0 Å². The van der Waals surface area contributed by atoms with Crippen LogP contribution in [0.5, 0.6) is 0 Å². The zero-order valence-corrected chi connectivity index (χ0v) is 12.0. The highest BCUT2D eigenvalue weighted by Gasteiger charge is 2.53. The number of hydrogen-bond acceptors (Lipinski definition) is 2. The Morgan fingerprint density at radius 3 is 1.33 bits per heavy atom. The molecule has 0 aliphatic carbocycles. The molecule has 1 aliphatic heterocycles. The monoisotopic (exact) mass is 280 g/mol. The smallest absolute Gasteiger partial charge is 0.288 e. The van der Waals surface area contributed by atoms with Crippen LogP contribution in [0.1, 0.15) is 25.0 Å². The van der Waals surface area contributed by atoms with Crippen molar-refractivity contribution in [2.24, 2.45) is 5.41 Å². The van der Waals surface area contributed by atoms with E-state index in [1.807, 2.05) is 74.5 Å². The molecular formula is C17H16N2O2. The first-order valence-corrected chi connectivity index (χ1v) is 6.83. The highest BCUT2D eigenvalue weighted by molar-refractivity contribution is 6.20. The molecule has 2 aromatic carbocycles. The topological polar surface area (TPSA) is 52.1 Å². The third-order valence-corrected chi connectivity index (χ3v) is 3.83. The number of nitrogens with zero attached hydrogens (tertiary/aromatic N) is 2. The molecule has 0 N–H and O–H groups in total. The van der Waals surface area contributed by atoms with E-state index in [1.54, 1.807) is 0 Å². The van der Waals surface area contributed by atoms with Crippen molar-refractivity contribution >= 4 is 11.4 Å². The van der Waals surface area contributed by atoms with Gasteiger partial charge in [-0.25, -0.2) is 0 Å². The minimum atomic E-state index is -0.661. The summed E-state index contributed by atoms with van der Waals surface area (Å²) in [7, 11) is 0. The Morgan fingerprint density at radius 1 is 0.667 bits per heavy atom. The van der Waals surface area contributed by atoms with Crippen LogP contribution >= 0.6 is 0 Å². The molecule has 0 radical (unpaired) electrons. The lowest BCUT2D eigenvalue weighted by Crippen LogP contribution is -2.33. The van der Waals surface area contributed by atoms with Crippen LogP contribution in [0.2, 0.25) is 0 Å². The number of hydrogen-bond donors (Lipinski definition) is 0. The lowest BCUT2D eigenvalue weighted by Gasteiger charge is -2.14. The maximum absolute atomic E-state index is 12.4. The Bertz CT molecular complexity index is 668. The Morgan fingerprint density at radius 2 is 1.00 bits per heavy atom. The van der Waals surface area contributed by atoms with Crippen molar-refractivity contribution in [3.05, 3.63) is 82.2 Å². The molecule has 1 aliphatic rings. The molecule has 0 saturated heterocycles.